The molecule has 0 aliphatic heterocycles. The molecule has 1 unspecified atom stereocenters. The molecule has 1 aliphatic rings. The van der Waals surface area contributed by atoms with Crippen LogP contribution in [0.2, 0.25) is 0 Å². The first-order valence-electron chi connectivity index (χ1n) is 30.9. The van der Waals surface area contributed by atoms with Gasteiger partial charge >= 0.3 is 0 Å². The number of hydrogen-bond donors (Lipinski definition) is 0. The Balaban J connectivity index is 1.11. The second-order valence-corrected chi connectivity index (χ2v) is 29.1. The SMILES string of the molecule is Cc1cccc(C)c1-c1cc(Oc2cccc([C@H](c3ccccn3)c3cc(C(C)(C)C)ccc3N(c3ccc(C(C)(C)C)cc3)c3ccc(C(C)(C)C)cc3)c2)cc(-c2cc(N(C3=CCC(C(C)(C)C)C=C3)c3ccc(C(C)(C)C)cc3)ccn2)c1. The van der Waals surface area contributed by atoms with E-state index < -0.39 is 0 Å². The third-order valence-corrected chi connectivity index (χ3v) is 17.3. The lowest BCUT2D eigenvalue weighted by molar-refractivity contribution is 0.293. The van der Waals surface area contributed by atoms with Crippen LogP contribution in [0.25, 0.3) is 22.4 Å². The molecule has 2 atom stereocenters. The molecule has 1 aliphatic carbocycles. The molecule has 0 saturated heterocycles. The Morgan fingerprint density at radius 3 is 1.52 bits per heavy atom. The van der Waals surface area contributed by atoms with E-state index in [0.29, 0.717) is 5.92 Å². The predicted molar refractivity (Wildman–Crippen MR) is 366 cm³/mol. The van der Waals surface area contributed by atoms with Gasteiger partial charge in [-0.3, -0.25) is 9.97 Å². The van der Waals surface area contributed by atoms with E-state index in [1.54, 1.807) is 0 Å². The van der Waals surface area contributed by atoms with Gasteiger partial charge in [-0.1, -0.05) is 201 Å². The van der Waals surface area contributed by atoms with Gasteiger partial charge in [-0.25, -0.2) is 0 Å². The Morgan fingerprint density at radius 2 is 1.00 bits per heavy atom. The largest absolute Gasteiger partial charge is 0.457 e. The van der Waals surface area contributed by atoms with Crippen LogP contribution in [0.3, 0.4) is 0 Å². The second kappa shape index (κ2) is 23.9. The molecule has 0 N–H and O–H groups in total. The molecule has 10 rings (SSSR count). The van der Waals surface area contributed by atoms with Crippen LogP contribution >= 0.6 is 0 Å². The van der Waals surface area contributed by atoms with Crippen molar-refractivity contribution < 1.29 is 4.74 Å². The number of anilines is 5. The number of aryl methyl sites for hydroxylation is 2. The van der Waals surface area contributed by atoms with Gasteiger partial charge < -0.3 is 14.5 Å². The fraction of sp³-hybridized carbons (Fsp3) is 0.309. The minimum Gasteiger partial charge on any atom is -0.457 e. The van der Waals surface area contributed by atoms with E-state index in [4.69, 9.17) is 14.7 Å². The fourth-order valence-electron chi connectivity index (χ4n) is 12.0. The Hall–Kier alpha value is -8.28. The predicted octanol–water partition coefficient (Wildman–Crippen LogP) is 22.7. The number of hydrogen-bond acceptors (Lipinski definition) is 5. The number of benzene rings is 7. The first kappa shape index (κ1) is 60.8. The summed E-state index contributed by atoms with van der Waals surface area (Å²) >= 11 is 0. The lowest BCUT2D eigenvalue weighted by Gasteiger charge is -2.33. The smallest absolute Gasteiger partial charge is 0.128 e. The highest BCUT2D eigenvalue weighted by molar-refractivity contribution is 5.82. The van der Waals surface area contributed by atoms with Crippen LogP contribution < -0.4 is 14.5 Å². The molecule has 5 nitrogen and oxygen atoms in total. The van der Waals surface area contributed by atoms with E-state index >= 15 is 0 Å². The van der Waals surface area contributed by atoms with Gasteiger partial charge in [0, 0.05) is 46.4 Å². The van der Waals surface area contributed by atoms with E-state index in [-0.39, 0.29) is 33.0 Å². The highest BCUT2D eigenvalue weighted by Gasteiger charge is 2.30. The van der Waals surface area contributed by atoms with E-state index in [1.165, 1.54) is 38.9 Å². The average molecular weight is 1140 g/mol. The maximum absolute atomic E-state index is 7.25. The van der Waals surface area contributed by atoms with Crippen molar-refractivity contribution in [2.45, 2.75) is 152 Å². The molecular formula is C81H90N4O. The zero-order valence-corrected chi connectivity index (χ0v) is 54.3. The number of rotatable bonds is 13. The summed E-state index contributed by atoms with van der Waals surface area (Å²) in [6, 6.07) is 66.9. The maximum atomic E-state index is 7.25. The molecular weight excluding hydrogens is 1040 g/mol. The Bertz CT molecular complexity index is 3830. The molecule has 7 aromatic carbocycles. The number of allylic oxidation sites excluding steroid dienone is 3. The monoisotopic (exact) mass is 1130 g/mol. The van der Waals surface area contributed by atoms with Crippen molar-refractivity contribution in [3.05, 3.63) is 269 Å². The Morgan fingerprint density at radius 1 is 0.453 bits per heavy atom. The molecule has 0 amide bonds. The zero-order valence-electron chi connectivity index (χ0n) is 54.3. The minimum atomic E-state index is -0.285. The van der Waals surface area contributed by atoms with Gasteiger partial charge in [0.25, 0.3) is 0 Å². The summed E-state index contributed by atoms with van der Waals surface area (Å²) in [6.07, 6.45) is 11.9. The van der Waals surface area contributed by atoms with Gasteiger partial charge in [0.1, 0.15) is 11.5 Å². The van der Waals surface area contributed by atoms with E-state index in [0.717, 1.165) is 85.7 Å². The van der Waals surface area contributed by atoms with Crippen molar-refractivity contribution >= 4 is 28.4 Å². The zero-order chi connectivity index (χ0) is 61.5. The quantitative estimate of drug-likeness (QED) is 0.115. The van der Waals surface area contributed by atoms with E-state index in [2.05, 4.69) is 322 Å². The van der Waals surface area contributed by atoms with Crippen molar-refractivity contribution in [1.29, 1.82) is 0 Å². The summed E-state index contributed by atoms with van der Waals surface area (Å²) in [4.78, 5) is 15.2. The van der Waals surface area contributed by atoms with Crippen LogP contribution in [0.15, 0.2) is 218 Å². The molecule has 0 radical (unpaired) electrons. The first-order chi connectivity index (χ1) is 40.6. The molecule has 9 aromatic rings. The molecule has 2 heterocycles. The van der Waals surface area contributed by atoms with Gasteiger partial charge in [0.15, 0.2) is 0 Å². The van der Waals surface area contributed by atoms with E-state index in [1.807, 2.05) is 18.5 Å². The molecule has 86 heavy (non-hydrogen) atoms. The normalized spacial score (nSPS) is 14.4. The third-order valence-electron chi connectivity index (χ3n) is 17.3. The van der Waals surface area contributed by atoms with Gasteiger partial charge in [-0.05, 0) is 212 Å². The molecule has 440 valence electrons. The van der Waals surface area contributed by atoms with Crippen LogP contribution in [-0.2, 0) is 21.7 Å². The van der Waals surface area contributed by atoms with Gasteiger partial charge in [-0.15, -0.1) is 0 Å². The number of nitrogens with zero attached hydrogens (tertiary/aromatic N) is 4. The first-order valence-corrected chi connectivity index (χ1v) is 30.9. The Labute approximate surface area is 515 Å². The van der Waals surface area contributed by atoms with Crippen molar-refractivity contribution in [2.75, 3.05) is 9.80 Å². The summed E-state index contributed by atoms with van der Waals surface area (Å²) in [5.41, 5.74) is 21.3. The van der Waals surface area contributed by atoms with Gasteiger partial charge in [-0.2, -0.15) is 0 Å². The lowest BCUT2D eigenvalue weighted by Crippen LogP contribution is -2.23. The number of aromatic nitrogens is 2. The summed E-state index contributed by atoms with van der Waals surface area (Å²) in [5.74, 6) is 1.61. The van der Waals surface area contributed by atoms with E-state index in [9.17, 15) is 0 Å². The average Bonchev–Trinajstić information content (AvgIpc) is 2.29. The Kier molecular flexibility index (Phi) is 16.9. The third kappa shape index (κ3) is 13.5. The summed E-state index contributed by atoms with van der Waals surface area (Å²) in [7, 11) is 0. The molecule has 0 bridgehead atoms. The van der Waals surface area contributed by atoms with Crippen LogP contribution in [0.4, 0.5) is 28.4 Å². The number of ether oxygens (including phenoxy) is 1. The maximum Gasteiger partial charge on any atom is 0.128 e. The standard InChI is InChI=1S/C81H90N4O/c1-54-22-20-23-55(2)75(54)58-48-57(73-53-68(45-47-83-73)84(64-36-27-59(28-37-64)77(3,4)5)65-38-29-60(30-39-65)78(6,7)8)50-70(51-58)86-69-25-21-24-56(49-69)76(72-26-18-19-46-82-72)71-52-63(81(15,16)17)35-44-74(71)85(66-40-31-61(32-41-66)79(9,10)11)67-42-33-62(34-43-67)80(12,13)14/h18-29,31-53,60,76H,30H2,1-17H3/t60?,76-/m0/s1. The molecule has 2 aromatic heterocycles. The topological polar surface area (TPSA) is 41.5 Å². The van der Waals surface area contributed by atoms with Crippen LogP contribution in [0.1, 0.15) is 166 Å². The highest BCUT2D eigenvalue weighted by Crippen LogP contribution is 2.47. The van der Waals surface area contributed by atoms with Crippen molar-refractivity contribution in [3.8, 4) is 33.9 Å². The van der Waals surface area contributed by atoms with Crippen LogP contribution in [0.5, 0.6) is 11.5 Å². The lowest BCUT2D eigenvalue weighted by atomic mass is 9.77. The van der Waals surface area contributed by atoms with Crippen molar-refractivity contribution in [3.63, 3.8) is 0 Å². The van der Waals surface area contributed by atoms with Crippen LogP contribution in [-0.4, -0.2) is 9.97 Å². The molecule has 0 spiro atoms. The molecule has 5 heteroatoms. The second-order valence-electron chi connectivity index (χ2n) is 29.1. The number of pyridine rings is 2. The van der Waals surface area contributed by atoms with Crippen LogP contribution in [0, 0.1) is 25.2 Å². The summed E-state index contributed by atoms with van der Waals surface area (Å²) in [6.45, 7) is 38.7. The van der Waals surface area contributed by atoms with Crippen molar-refractivity contribution in [2.24, 2.45) is 11.3 Å². The molecule has 0 saturated carbocycles. The fourth-order valence-corrected chi connectivity index (χ4v) is 12.0. The highest BCUT2D eigenvalue weighted by atomic mass is 16.5. The summed E-state index contributed by atoms with van der Waals surface area (Å²) < 4.78 is 7.25. The molecule has 0 fully saturated rings. The van der Waals surface area contributed by atoms with Gasteiger partial charge in [0.05, 0.1) is 23.0 Å². The minimum absolute atomic E-state index is 0.00167. The van der Waals surface area contributed by atoms with Gasteiger partial charge in [0.2, 0.25) is 0 Å². The summed E-state index contributed by atoms with van der Waals surface area (Å²) in [5, 5.41) is 0. The van der Waals surface area contributed by atoms with Crippen molar-refractivity contribution in [1.82, 2.24) is 9.97 Å².